The van der Waals surface area contributed by atoms with Crippen LogP contribution in [-0.4, -0.2) is 22.3 Å². The molecule has 2 unspecified atom stereocenters. The van der Waals surface area contributed by atoms with Gasteiger partial charge >= 0.3 is 0 Å². The lowest BCUT2D eigenvalue weighted by Crippen LogP contribution is -2.15. The Morgan fingerprint density at radius 3 is 2.59 bits per heavy atom. The molecule has 0 spiro atoms. The number of hydrogen-bond acceptors (Lipinski definition) is 3. The Morgan fingerprint density at radius 1 is 1.41 bits per heavy atom. The lowest BCUT2D eigenvalue weighted by atomic mass is 10.2. The van der Waals surface area contributed by atoms with Crippen molar-refractivity contribution in [1.29, 1.82) is 0 Å². The van der Waals surface area contributed by atoms with Gasteiger partial charge in [0.2, 0.25) is 0 Å². The molecule has 0 aliphatic heterocycles. The Hall–Kier alpha value is -0.450. The molecule has 0 radical (unpaired) electrons. The summed E-state index contributed by atoms with van der Waals surface area (Å²) in [6.07, 6.45) is 2.51. The Kier molecular flexibility index (Phi) is 5.56. The lowest BCUT2D eigenvalue weighted by Gasteiger charge is -2.12. The smallest absolute Gasteiger partial charge is 0.0614 e. The molecule has 3 N–H and O–H groups in total. The highest BCUT2D eigenvalue weighted by molar-refractivity contribution is 7.84. The third-order valence-corrected chi connectivity index (χ3v) is 4.62. The predicted octanol–water partition coefficient (Wildman–Crippen LogP) is 3.14. The van der Waals surface area contributed by atoms with Crippen LogP contribution >= 0.6 is 23.2 Å². The van der Waals surface area contributed by atoms with Crippen LogP contribution in [0.4, 0.5) is 11.4 Å². The molecule has 0 amide bonds. The zero-order valence-corrected chi connectivity index (χ0v) is 12.1. The van der Waals surface area contributed by atoms with Gasteiger partial charge < -0.3 is 11.1 Å². The molecule has 0 fully saturated rings. The number of nitrogen functional groups attached to an aromatic ring is 1. The van der Waals surface area contributed by atoms with E-state index in [1.807, 2.05) is 6.92 Å². The van der Waals surface area contributed by atoms with E-state index in [4.69, 9.17) is 28.9 Å². The minimum atomic E-state index is -0.800. The number of halogens is 2. The number of rotatable bonds is 5. The second kappa shape index (κ2) is 6.47. The summed E-state index contributed by atoms with van der Waals surface area (Å²) < 4.78 is 11.2. The summed E-state index contributed by atoms with van der Waals surface area (Å²) in [5, 5.41) is 4.23. The van der Waals surface area contributed by atoms with Crippen LogP contribution in [-0.2, 0) is 10.8 Å². The van der Waals surface area contributed by atoms with Gasteiger partial charge in [0.1, 0.15) is 0 Å². The molecule has 0 aliphatic rings. The average Bonchev–Trinajstić information content (AvgIpc) is 2.25. The van der Waals surface area contributed by atoms with Gasteiger partial charge in [-0.2, -0.15) is 0 Å². The molecule has 0 heterocycles. The third kappa shape index (κ3) is 4.37. The summed E-state index contributed by atoms with van der Waals surface area (Å²) in [6, 6.07) is 3.32. The molecule has 2 atom stereocenters. The van der Waals surface area contributed by atoms with Gasteiger partial charge in [-0.15, -0.1) is 0 Å². The van der Waals surface area contributed by atoms with E-state index in [0.717, 1.165) is 12.1 Å². The van der Waals surface area contributed by atoms with E-state index in [-0.39, 0.29) is 5.25 Å². The zero-order valence-electron chi connectivity index (χ0n) is 9.80. The summed E-state index contributed by atoms with van der Waals surface area (Å²) in [4.78, 5) is 0. The van der Waals surface area contributed by atoms with Crippen molar-refractivity contribution < 1.29 is 4.21 Å². The highest BCUT2D eigenvalue weighted by atomic mass is 35.5. The summed E-state index contributed by atoms with van der Waals surface area (Å²) in [5.74, 6) is 0. The second-order valence-corrected chi connectivity index (χ2v) is 6.49. The molecule has 0 bridgehead atoms. The first-order valence-corrected chi connectivity index (χ1v) is 7.60. The van der Waals surface area contributed by atoms with E-state index in [2.05, 4.69) is 5.32 Å². The number of nitrogens with one attached hydrogen (secondary N) is 1. The van der Waals surface area contributed by atoms with E-state index >= 15 is 0 Å². The number of benzene rings is 1. The molecule has 3 nitrogen and oxygen atoms in total. The van der Waals surface area contributed by atoms with E-state index in [9.17, 15) is 4.21 Å². The van der Waals surface area contributed by atoms with E-state index in [1.165, 1.54) is 0 Å². The maximum atomic E-state index is 11.2. The van der Waals surface area contributed by atoms with E-state index in [1.54, 1.807) is 18.4 Å². The van der Waals surface area contributed by atoms with Crippen LogP contribution in [0, 0.1) is 0 Å². The van der Waals surface area contributed by atoms with Crippen LogP contribution in [0.5, 0.6) is 0 Å². The van der Waals surface area contributed by atoms with Gasteiger partial charge in [-0.1, -0.05) is 30.1 Å². The van der Waals surface area contributed by atoms with E-state index in [0.29, 0.717) is 22.3 Å². The highest BCUT2D eigenvalue weighted by Crippen LogP contribution is 2.30. The van der Waals surface area contributed by atoms with Crippen molar-refractivity contribution in [2.24, 2.45) is 0 Å². The van der Waals surface area contributed by atoms with Crippen molar-refractivity contribution in [1.82, 2.24) is 0 Å². The first-order valence-electron chi connectivity index (χ1n) is 5.22. The lowest BCUT2D eigenvalue weighted by molar-refractivity contribution is 0.672. The topological polar surface area (TPSA) is 55.1 Å². The molecule has 0 aromatic heterocycles. The fourth-order valence-electron chi connectivity index (χ4n) is 1.29. The van der Waals surface area contributed by atoms with Crippen LogP contribution in [0.1, 0.15) is 13.3 Å². The molecule has 1 aromatic carbocycles. The molecule has 96 valence electrons. The molecular weight excluding hydrogens is 279 g/mol. The molecule has 6 heteroatoms. The van der Waals surface area contributed by atoms with Crippen LogP contribution in [0.25, 0.3) is 0 Å². The Bertz CT molecular complexity index is 426. The monoisotopic (exact) mass is 294 g/mol. The fourth-order valence-corrected chi connectivity index (χ4v) is 2.08. The van der Waals surface area contributed by atoms with Crippen molar-refractivity contribution in [2.45, 2.75) is 18.6 Å². The minimum absolute atomic E-state index is 0.159. The average molecular weight is 295 g/mol. The van der Waals surface area contributed by atoms with Crippen LogP contribution < -0.4 is 11.1 Å². The second-order valence-electron chi connectivity index (χ2n) is 3.88. The van der Waals surface area contributed by atoms with Crippen molar-refractivity contribution in [3.05, 3.63) is 22.2 Å². The van der Waals surface area contributed by atoms with Gasteiger partial charge in [-0.25, -0.2) is 0 Å². The standard InChI is InChI=1S/C11H16Cl2N2OS/c1-7(17(2)16)3-4-15-11-6-9(13)8(12)5-10(11)14/h5-7,15H,3-4,14H2,1-2H3. The van der Waals surface area contributed by atoms with Crippen molar-refractivity contribution in [2.75, 3.05) is 23.9 Å². The molecule has 0 aliphatic carbocycles. The summed E-state index contributed by atoms with van der Waals surface area (Å²) in [5.41, 5.74) is 7.12. The van der Waals surface area contributed by atoms with E-state index < -0.39 is 10.8 Å². The summed E-state index contributed by atoms with van der Waals surface area (Å²) >= 11 is 11.7. The van der Waals surface area contributed by atoms with Crippen LogP contribution in [0.3, 0.4) is 0 Å². The Morgan fingerprint density at radius 2 is 2.00 bits per heavy atom. The van der Waals surface area contributed by atoms with Gasteiger partial charge in [0.05, 0.1) is 21.4 Å². The van der Waals surface area contributed by atoms with Gasteiger partial charge in [0.25, 0.3) is 0 Å². The van der Waals surface area contributed by atoms with Gasteiger partial charge in [-0.05, 0) is 18.6 Å². The first-order chi connectivity index (χ1) is 7.91. The number of nitrogens with two attached hydrogens (primary N) is 1. The van der Waals surface area contributed by atoms with Crippen molar-refractivity contribution in [3.63, 3.8) is 0 Å². The Labute approximate surface area is 114 Å². The quantitative estimate of drug-likeness (QED) is 0.820. The van der Waals surface area contributed by atoms with Gasteiger partial charge in [-0.3, -0.25) is 4.21 Å². The largest absolute Gasteiger partial charge is 0.397 e. The Balaban J connectivity index is 2.58. The highest BCUT2D eigenvalue weighted by Gasteiger charge is 2.07. The SMILES string of the molecule is CC(CCNc1cc(Cl)c(Cl)cc1N)S(C)=O. The predicted molar refractivity (Wildman–Crippen MR) is 77.5 cm³/mol. The van der Waals surface area contributed by atoms with Crippen LogP contribution in [0.15, 0.2) is 12.1 Å². The molecule has 0 saturated carbocycles. The maximum Gasteiger partial charge on any atom is 0.0614 e. The van der Waals surface area contributed by atoms with Crippen LogP contribution in [0.2, 0.25) is 10.0 Å². The third-order valence-electron chi connectivity index (χ3n) is 2.53. The first kappa shape index (κ1) is 14.6. The maximum absolute atomic E-state index is 11.2. The molecule has 0 saturated heterocycles. The van der Waals surface area contributed by atoms with Gasteiger partial charge in [0.15, 0.2) is 0 Å². The number of hydrogen-bond donors (Lipinski definition) is 2. The molecule has 17 heavy (non-hydrogen) atoms. The summed E-state index contributed by atoms with van der Waals surface area (Å²) in [7, 11) is -0.800. The number of anilines is 2. The molecule has 1 aromatic rings. The zero-order chi connectivity index (χ0) is 13.0. The van der Waals surface area contributed by atoms with Crippen molar-refractivity contribution >= 4 is 45.4 Å². The minimum Gasteiger partial charge on any atom is -0.397 e. The summed E-state index contributed by atoms with van der Waals surface area (Å²) in [6.45, 7) is 2.65. The molecule has 1 rings (SSSR count). The normalized spacial score (nSPS) is 14.4. The van der Waals surface area contributed by atoms with Crippen molar-refractivity contribution in [3.8, 4) is 0 Å². The fraction of sp³-hybridized carbons (Fsp3) is 0.455. The van der Waals surface area contributed by atoms with Gasteiger partial charge in [0, 0.05) is 28.9 Å². The molecular formula is C11H16Cl2N2OS.